The Bertz CT molecular complexity index is 534. The van der Waals surface area contributed by atoms with Crippen molar-refractivity contribution in [3.8, 4) is 0 Å². The molecule has 2 amide bonds. The van der Waals surface area contributed by atoms with Gasteiger partial charge in [-0.05, 0) is 37.1 Å². The lowest BCUT2D eigenvalue weighted by Crippen LogP contribution is -2.50. The fourth-order valence-electron chi connectivity index (χ4n) is 2.45. The van der Waals surface area contributed by atoms with E-state index in [9.17, 15) is 9.59 Å². The molecule has 114 valence electrons. The van der Waals surface area contributed by atoms with Crippen molar-refractivity contribution >= 4 is 11.8 Å². The molecular weight excluding hydrogens is 266 g/mol. The minimum atomic E-state index is 0.0175. The molecule has 0 spiro atoms. The predicted molar refractivity (Wildman–Crippen MR) is 82.3 cm³/mol. The molecular formula is C16H23N3O2. The van der Waals surface area contributed by atoms with E-state index in [0.29, 0.717) is 19.6 Å². The summed E-state index contributed by atoms with van der Waals surface area (Å²) >= 11 is 0. The van der Waals surface area contributed by atoms with Gasteiger partial charge in [0.15, 0.2) is 0 Å². The molecule has 1 fully saturated rings. The van der Waals surface area contributed by atoms with E-state index in [1.165, 1.54) is 5.56 Å². The van der Waals surface area contributed by atoms with Crippen molar-refractivity contribution in [3.05, 3.63) is 34.9 Å². The molecule has 1 aliphatic rings. The summed E-state index contributed by atoms with van der Waals surface area (Å²) in [5, 5.41) is 2.62. The van der Waals surface area contributed by atoms with E-state index in [1.54, 1.807) is 7.05 Å². The topological polar surface area (TPSA) is 52.7 Å². The van der Waals surface area contributed by atoms with E-state index in [4.69, 9.17) is 0 Å². The minimum Gasteiger partial charge on any atom is -0.358 e. The van der Waals surface area contributed by atoms with Gasteiger partial charge >= 0.3 is 0 Å². The van der Waals surface area contributed by atoms with Gasteiger partial charge in [-0.2, -0.15) is 0 Å². The van der Waals surface area contributed by atoms with Crippen LogP contribution in [0.25, 0.3) is 0 Å². The second kappa shape index (κ2) is 6.72. The van der Waals surface area contributed by atoms with Crippen LogP contribution in [-0.2, 0) is 4.79 Å². The number of hydrogen-bond acceptors (Lipinski definition) is 3. The molecule has 21 heavy (non-hydrogen) atoms. The highest BCUT2D eigenvalue weighted by Crippen LogP contribution is 2.13. The summed E-state index contributed by atoms with van der Waals surface area (Å²) in [4.78, 5) is 27.8. The van der Waals surface area contributed by atoms with Crippen LogP contribution >= 0.6 is 0 Å². The van der Waals surface area contributed by atoms with Crippen molar-refractivity contribution in [2.45, 2.75) is 13.8 Å². The standard InChI is InChI=1S/C16H23N3O2/c1-12-4-5-14(10-13(12)2)16(21)19-8-6-18(7-9-19)11-15(20)17-3/h4-5,10H,6-9,11H2,1-3H3,(H,17,20). The number of amides is 2. The average Bonchev–Trinajstić information content (AvgIpc) is 2.50. The molecule has 0 aliphatic carbocycles. The fraction of sp³-hybridized carbons (Fsp3) is 0.500. The molecule has 0 aromatic heterocycles. The number of carbonyl (C=O) groups excluding carboxylic acids is 2. The van der Waals surface area contributed by atoms with E-state index < -0.39 is 0 Å². The number of benzene rings is 1. The summed E-state index contributed by atoms with van der Waals surface area (Å²) in [6.45, 7) is 7.29. The molecule has 0 atom stereocenters. The molecule has 0 radical (unpaired) electrons. The third-order valence-corrected chi connectivity index (χ3v) is 4.06. The summed E-state index contributed by atoms with van der Waals surface area (Å²) in [6.07, 6.45) is 0. The van der Waals surface area contributed by atoms with E-state index >= 15 is 0 Å². The Balaban J connectivity index is 1.93. The molecule has 1 saturated heterocycles. The Morgan fingerprint density at radius 2 is 1.76 bits per heavy atom. The molecule has 0 saturated carbocycles. The third kappa shape index (κ3) is 3.82. The summed E-state index contributed by atoms with van der Waals surface area (Å²) in [7, 11) is 1.64. The van der Waals surface area contributed by atoms with Gasteiger partial charge in [-0.15, -0.1) is 0 Å². The van der Waals surface area contributed by atoms with Gasteiger partial charge in [-0.25, -0.2) is 0 Å². The highest BCUT2D eigenvalue weighted by atomic mass is 16.2. The lowest BCUT2D eigenvalue weighted by atomic mass is 10.1. The summed E-state index contributed by atoms with van der Waals surface area (Å²) in [5.41, 5.74) is 3.08. The normalized spacial score (nSPS) is 15.9. The van der Waals surface area contributed by atoms with Crippen LogP contribution in [0.3, 0.4) is 0 Å². The van der Waals surface area contributed by atoms with Crippen LogP contribution in [0.4, 0.5) is 0 Å². The molecule has 5 nitrogen and oxygen atoms in total. The third-order valence-electron chi connectivity index (χ3n) is 4.06. The van der Waals surface area contributed by atoms with Gasteiger partial charge in [0.1, 0.15) is 0 Å². The summed E-state index contributed by atoms with van der Waals surface area (Å²) in [6, 6.07) is 5.83. The molecule has 1 aromatic carbocycles. The molecule has 0 unspecified atom stereocenters. The molecule has 1 heterocycles. The highest BCUT2D eigenvalue weighted by Gasteiger charge is 2.23. The number of hydrogen-bond donors (Lipinski definition) is 1. The van der Waals surface area contributed by atoms with Gasteiger partial charge in [0.2, 0.25) is 5.91 Å². The Morgan fingerprint density at radius 3 is 2.33 bits per heavy atom. The van der Waals surface area contributed by atoms with Gasteiger partial charge in [0, 0.05) is 38.8 Å². The van der Waals surface area contributed by atoms with Crippen LogP contribution in [-0.4, -0.2) is 61.4 Å². The second-order valence-electron chi connectivity index (χ2n) is 5.54. The van der Waals surface area contributed by atoms with Gasteiger partial charge in [-0.3, -0.25) is 14.5 Å². The van der Waals surface area contributed by atoms with E-state index in [1.807, 2.05) is 36.9 Å². The van der Waals surface area contributed by atoms with Crippen molar-refractivity contribution in [1.29, 1.82) is 0 Å². The zero-order valence-corrected chi connectivity index (χ0v) is 13.0. The van der Waals surface area contributed by atoms with E-state index in [0.717, 1.165) is 24.2 Å². The van der Waals surface area contributed by atoms with Crippen LogP contribution in [0.15, 0.2) is 18.2 Å². The van der Waals surface area contributed by atoms with E-state index in [2.05, 4.69) is 10.2 Å². The number of rotatable bonds is 3. The maximum Gasteiger partial charge on any atom is 0.253 e. The first kappa shape index (κ1) is 15.5. The minimum absolute atomic E-state index is 0.0175. The van der Waals surface area contributed by atoms with Crippen LogP contribution in [0.5, 0.6) is 0 Å². The number of piperazine rings is 1. The first-order valence-electron chi connectivity index (χ1n) is 7.30. The maximum absolute atomic E-state index is 12.5. The smallest absolute Gasteiger partial charge is 0.253 e. The Kier molecular flexibility index (Phi) is 4.96. The zero-order valence-electron chi connectivity index (χ0n) is 13.0. The summed E-state index contributed by atoms with van der Waals surface area (Å²) in [5.74, 6) is 0.0987. The highest BCUT2D eigenvalue weighted by molar-refractivity contribution is 5.94. The van der Waals surface area contributed by atoms with Crippen molar-refractivity contribution in [2.75, 3.05) is 39.8 Å². The predicted octanol–water partition coefficient (Wildman–Crippen LogP) is 0.807. The Labute approximate surface area is 125 Å². The van der Waals surface area contributed by atoms with Crippen molar-refractivity contribution in [2.24, 2.45) is 0 Å². The van der Waals surface area contributed by atoms with Crippen LogP contribution < -0.4 is 5.32 Å². The van der Waals surface area contributed by atoms with Crippen molar-refractivity contribution < 1.29 is 9.59 Å². The molecule has 5 heteroatoms. The largest absolute Gasteiger partial charge is 0.358 e. The average molecular weight is 289 g/mol. The van der Waals surface area contributed by atoms with Gasteiger partial charge in [-0.1, -0.05) is 6.07 Å². The van der Waals surface area contributed by atoms with Crippen molar-refractivity contribution in [3.63, 3.8) is 0 Å². The zero-order chi connectivity index (χ0) is 15.4. The number of nitrogens with one attached hydrogen (secondary N) is 1. The quantitative estimate of drug-likeness (QED) is 0.896. The van der Waals surface area contributed by atoms with Crippen molar-refractivity contribution in [1.82, 2.24) is 15.1 Å². The Morgan fingerprint density at radius 1 is 1.10 bits per heavy atom. The molecule has 2 rings (SSSR count). The first-order chi connectivity index (χ1) is 10.0. The van der Waals surface area contributed by atoms with Gasteiger partial charge in [0.25, 0.3) is 5.91 Å². The second-order valence-corrected chi connectivity index (χ2v) is 5.54. The molecule has 1 N–H and O–H groups in total. The SMILES string of the molecule is CNC(=O)CN1CCN(C(=O)c2ccc(C)c(C)c2)CC1. The molecule has 0 bridgehead atoms. The Hall–Kier alpha value is -1.88. The molecule has 1 aromatic rings. The number of nitrogens with zero attached hydrogens (tertiary/aromatic N) is 2. The van der Waals surface area contributed by atoms with Crippen LogP contribution in [0.1, 0.15) is 21.5 Å². The van der Waals surface area contributed by atoms with Crippen LogP contribution in [0, 0.1) is 13.8 Å². The number of likely N-dealkylation sites (N-methyl/N-ethyl adjacent to an activating group) is 1. The van der Waals surface area contributed by atoms with Gasteiger partial charge in [0.05, 0.1) is 6.54 Å². The summed E-state index contributed by atoms with van der Waals surface area (Å²) < 4.78 is 0. The van der Waals surface area contributed by atoms with Gasteiger partial charge < -0.3 is 10.2 Å². The van der Waals surface area contributed by atoms with Crippen LogP contribution in [0.2, 0.25) is 0 Å². The first-order valence-corrected chi connectivity index (χ1v) is 7.30. The maximum atomic E-state index is 12.5. The fourth-order valence-corrected chi connectivity index (χ4v) is 2.45. The lowest BCUT2D eigenvalue weighted by molar-refractivity contribution is -0.122. The monoisotopic (exact) mass is 289 g/mol. The molecule has 1 aliphatic heterocycles. The number of aryl methyl sites for hydroxylation is 2. The lowest BCUT2D eigenvalue weighted by Gasteiger charge is -2.34. The van der Waals surface area contributed by atoms with E-state index in [-0.39, 0.29) is 11.8 Å². The number of carbonyl (C=O) groups is 2.